The average Bonchev–Trinajstić information content (AvgIpc) is 3.47. The van der Waals surface area contributed by atoms with Crippen molar-refractivity contribution in [1.82, 2.24) is 20.0 Å². The van der Waals surface area contributed by atoms with E-state index in [4.69, 9.17) is 14.6 Å². The summed E-state index contributed by atoms with van der Waals surface area (Å²) >= 11 is 0. The number of para-hydroxylation sites is 1. The number of hydrogen-bond donors (Lipinski definition) is 1. The van der Waals surface area contributed by atoms with Gasteiger partial charge in [-0.25, -0.2) is 9.48 Å². The highest BCUT2D eigenvalue weighted by Gasteiger charge is 2.27. The molecule has 1 atom stereocenters. The fourth-order valence-corrected chi connectivity index (χ4v) is 4.04. The van der Waals surface area contributed by atoms with Gasteiger partial charge in [-0.2, -0.15) is 5.10 Å². The first kappa shape index (κ1) is 22.9. The average molecular weight is 449 g/mol. The summed E-state index contributed by atoms with van der Waals surface area (Å²) in [4.78, 5) is 14.9. The number of aromatic nitrogens is 2. The van der Waals surface area contributed by atoms with E-state index in [0.717, 1.165) is 48.4 Å². The number of urea groups is 1. The molecule has 1 saturated heterocycles. The smallest absolute Gasteiger partial charge is 0.317 e. The number of nitrogens with zero attached hydrogens (tertiary/aromatic N) is 3. The number of aryl methyl sites for hydroxylation is 1. The molecule has 0 bridgehead atoms. The van der Waals surface area contributed by atoms with Gasteiger partial charge in [0.2, 0.25) is 5.88 Å². The van der Waals surface area contributed by atoms with Crippen molar-refractivity contribution in [2.24, 2.45) is 7.05 Å². The van der Waals surface area contributed by atoms with Crippen LogP contribution in [-0.2, 0) is 18.3 Å². The molecule has 0 radical (unpaired) electrons. The topological polar surface area (TPSA) is 68.6 Å². The van der Waals surface area contributed by atoms with E-state index in [1.165, 1.54) is 0 Å². The minimum atomic E-state index is -0.0964. The van der Waals surface area contributed by atoms with Crippen LogP contribution in [0.2, 0.25) is 0 Å². The van der Waals surface area contributed by atoms with Gasteiger partial charge >= 0.3 is 6.03 Å². The molecular weight excluding hydrogens is 416 g/mol. The van der Waals surface area contributed by atoms with Gasteiger partial charge in [0.25, 0.3) is 0 Å². The third-order valence-electron chi connectivity index (χ3n) is 5.70. The van der Waals surface area contributed by atoms with Gasteiger partial charge in [-0.05, 0) is 31.4 Å². The lowest BCUT2D eigenvalue weighted by Crippen LogP contribution is -2.43. The van der Waals surface area contributed by atoms with Gasteiger partial charge in [0.1, 0.15) is 11.4 Å². The lowest BCUT2D eigenvalue weighted by Gasteiger charge is -2.26. The van der Waals surface area contributed by atoms with E-state index < -0.39 is 0 Å². The molecule has 7 nitrogen and oxygen atoms in total. The first-order chi connectivity index (χ1) is 16.2. The van der Waals surface area contributed by atoms with E-state index in [0.29, 0.717) is 25.5 Å². The molecule has 2 amide bonds. The summed E-state index contributed by atoms with van der Waals surface area (Å²) in [5.41, 5.74) is 2.67. The molecule has 0 saturated carbocycles. The van der Waals surface area contributed by atoms with Gasteiger partial charge in [0.15, 0.2) is 0 Å². The molecule has 0 unspecified atom stereocenters. The van der Waals surface area contributed by atoms with Crippen molar-refractivity contribution in [3.8, 4) is 22.9 Å². The number of amides is 2. The third kappa shape index (κ3) is 5.73. The summed E-state index contributed by atoms with van der Waals surface area (Å²) in [5.74, 6) is 1.35. The maximum absolute atomic E-state index is 13.1. The van der Waals surface area contributed by atoms with Crippen LogP contribution in [0.5, 0.6) is 11.6 Å². The van der Waals surface area contributed by atoms with Crippen molar-refractivity contribution < 1.29 is 14.3 Å². The molecule has 7 heteroatoms. The molecule has 174 valence electrons. The van der Waals surface area contributed by atoms with Gasteiger partial charge in [-0.3, -0.25) is 0 Å². The largest absolute Gasteiger partial charge is 0.439 e. The van der Waals surface area contributed by atoms with E-state index in [9.17, 15) is 4.79 Å². The molecular formula is C26H32N4O3. The zero-order valence-corrected chi connectivity index (χ0v) is 19.4. The number of rotatable bonds is 9. The second-order valence-corrected chi connectivity index (χ2v) is 8.28. The van der Waals surface area contributed by atoms with Gasteiger partial charge in [0.05, 0.1) is 18.2 Å². The molecule has 4 rings (SSSR count). The zero-order chi connectivity index (χ0) is 23.0. The third-order valence-corrected chi connectivity index (χ3v) is 5.70. The molecule has 1 N–H and O–H groups in total. The van der Waals surface area contributed by atoms with Gasteiger partial charge < -0.3 is 19.7 Å². The van der Waals surface area contributed by atoms with Crippen molar-refractivity contribution >= 4 is 6.03 Å². The molecule has 0 aliphatic carbocycles. The molecule has 1 aromatic heterocycles. The molecule has 1 fully saturated rings. The maximum Gasteiger partial charge on any atom is 0.317 e. The normalized spacial score (nSPS) is 15.4. The first-order valence-electron chi connectivity index (χ1n) is 11.6. The van der Waals surface area contributed by atoms with Gasteiger partial charge in [-0.1, -0.05) is 55.5 Å². The monoisotopic (exact) mass is 448 g/mol. The molecule has 2 aromatic carbocycles. The summed E-state index contributed by atoms with van der Waals surface area (Å²) in [5, 5.41) is 7.81. The second kappa shape index (κ2) is 11.0. The maximum atomic E-state index is 13.1. The predicted molar refractivity (Wildman–Crippen MR) is 128 cm³/mol. The lowest BCUT2D eigenvalue weighted by molar-refractivity contribution is 0.0793. The van der Waals surface area contributed by atoms with E-state index in [-0.39, 0.29) is 12.1 Å². The molecule has 3 aromatic rings. The van der Waals surface area contributed by atoms with E-state index >= 15 is 0 Å². The predicted octanol–water partition coefficient (Wildman–Crippen LogP) is 4.98. The molecule has 1 aliphatic heterocycles. The Morgan fingerprint density at radius 3 is 2.58 bits per heavy atom. The minimum Gasteiger partial charge on any atom is -0.439 e. The van der Waals surface area contributed by atoms with Gasteiger partial charge in [-0.15, -0.1) is 0 Å². The Morgan fingerprint density at radius 2 is 1.91 bits per heavy atom. The molecule has 0 spiro atoms. The Hall–Kier alpha value is -3.32. The summed E-state index contributed by atoms with van der Waals surface area (Å²) in [6, 6.07) is 19.6. The highest BCUT2D eigenvalue weighted by Crippen LogP contribution is 2.34. The second-order valence-electron chi connectivity index (χ2n) is 8.28. The Balaban J connectivity index is 1.70. The van der Waals surface area contributed by atoms with E-state index in [2.05, 4.69) is 5.32 Å². The standard InChI is InChI=1S/C26H32N4O3/c1-3-16-27-26(31)30(18-22-15-10-17-32-22)19-23-24(20-11-6-4-7-12-20)28-29(2)25(23)33-21-13-8-5-9-14-21/h4-9,11-14,22H,3,10,15-19H2,1-2H3,(H,27,31)/t22-/m0/s1. The lowest BCUT2D eigenvalue weighted by atomic mass is 10.1. The molecule has 1 aliphatic rings. The van der Waals surface area contributed by atoms with Crippen LogP contribution in [0.3, 0.4) is 0 Å². The Kier molecular flexibility index (Phi) is 7.62. The van der Waals surface area contributed by atoms with Crippen LogP contribution in [0.1, 0.15) is 31.7 Å². The number of carbonyl (C=O) groups excluding carboxylic acids is 1. The number of nitrogens with one attached hydrogen (secondary N) is 1. The van der Waals surface area contributed by atoms with Crippen molar-refractivity contribution in [2.45, 2.75) is 38.8 Å². The van der Waals surface area contributed by atoms with Crippen LogP contribution in [-0.4, -0.2) is 46.5 Å². The zero-order valence-electron chi connectivity index (χ0n) is 19.4. The first-order valence-corrected chi connectivity index (χ1v) is 11.6. The van der Waals surface area contributed by atoms with Crippen LogP contribution in [0.25, 0.3) is 11.3 Å². The summed E-state index contributed by atoms with van der Waals surface area (Å²) in [6.07, 6.45) is 2.92. The summed E-state index contributed by atoms with van der Waals surface area (Å²) < 4.78 is 13.9. The van der Waals surface area contributed by atoms with Crippen LogP contribution < -0.4 is 10.1 Å². The van der Waals surface area contributed by atoms with Crippen LogP contribution >= 0.6 is 0 Å². The van der Waals surface area contributed by atoms with Crippen LogP contribution in [0.15, 0.2) is 60.7 Å². The fraction of sp³-hybridized carbons (Fsp3) is 0.385. The summed E-state index contributed by atoms with van der Waals surface area (Å²) in [6.45, 7) is 4.33. The number of ether oxygens (including phenoxy) is 2. The number of benzene rings is 2. The van der Waals surface area contributed by atoms with E-state index in [1.54, 1.807) is 4.68 Å². The van der Waals surface area contributed by atoms with Crippen molar-refractivity contribution in [2.75, 3.05) is 19.7 Å². The SMILES string of the molecule is CCCNC(=O)N(Cc1c(-c2ccccc2)nn(C)c1Oc1ccccc1)C[C@@H]1CCCO1. The quantitative estimate of drug-likeness (QED) is 0.501. The number of hydrogen-bond acceptors (Lipinski definition) is 4. The highest BCUT2D eigenvalue weighted by molar-refractivity contribution is 5.75. The Labute approximate surface area is 195 Å². The van der Waals surface area contributed by atoms with Crippen molar-refractivity contribution in [3.05, 3.63) is 66.2 Å². The Morgan fingerprint density at radius 1 is 1.18 bits per heavy atom. The highest BCUT2D eigenvalue weighted by atomic mass is 16.5. The van der Waals surface area contributed by atoms with E-state index in [1.807, 2.05) is 79.5 Å². The summed E-state index contributed by atoms with van der Waals surface area (Å²) in [7, 11) is 1.87. The molecule has 33 heavy (non-hydrogen) atoms. The van der Waals surface area contributed by atoms with Crippen molar-refractivity contribution in [3.63, 3.8) is 0 Å². The Bertz CT molecular complexity index is 1030. The molecule has 2 heterocycles. The van der Waals surface area contributed by atoms with Crippen LogP contribution in [0.4, 0.5) is 4.79 Å². The van der Waals surface area contributed by atoms with Crippen molar-refractivity contribution in [1.29, 1.82) is 0 Å². The van der Waals surface area contributed by atoms with Crippen LogP contribution in [0, 0.1) is 0 Å². The number of carbonyl (C=O) groups is 1. The van der Waals surface area contributed by atoms with Gasteiger partial charge in [0, 0.05) is 32.3 Å². The fourth-order valence-electron chi connectivity index (χ4n) is 4.04. The minimum absolute atomic E-state index is 0.0488.